The number of hydrogen-bond acceptors (Lipinski definition) is 7. The Labute approximate surface area is 123 Å². The van der Waals surface area contributed by atoms with Gasteiger partial charge in [-0.05, 0) is 32.1 Å². The van der Waals surface area contributed by atoms with Crippen molar-refractivity contribution in [2.45, 2.75) is 39.2 Å². The largest absolute Gasteiger partial charge is 0.393 e. The number of nitrogens with one attached hydrogen (secondary N) is 2. The molecule has 0 aromatic carbocycles. The molecule has 1 aliphatic carbocycles. The third-order valence-electron chi connectivity index (χ3n) is 3.54. The van der Waals surface area contributed by atoms with Crippen molar-refractivity contribution in [2.75, 3.05) is 23.7 Å². The summed E-state index contributed by atoms with van der Waals surface area (Å²) in [6.45, 7) is 4.91. The van der Waals surface area contributed by atoms with Crippen LogP contribution in [0.4, 0.5) is 17.5 Å². The summed E-state index contributed by atoms with van der Waals surface area (Å²) in [4.78, 5) is 19.0. The number of nitrogens with zero attached hydrogens (tertiary/aromatic N) is 3. The van der Waals surface area contributed by atoms with Crippen molar-refractivity contribution in [1.29, 1.82) is 0 Å². The molecule has 2 rings (SSSR count). The van der Waals surface area contributed by atoms with Crippen molar-refractivity contribution in [3.05, 3.63) is 15.8 Å². The molecule has 0 aliphatic heterocycles. The van der Waals surface area contributed by atoms with E-state index in [1.807, 2.05) is 6.92 Å². The third-order valence-corrected chi connectivity index (χ3v) is 3.54. The van der Waals surface area contributed by atoms with Gasteiger partial charge < -0.3 is 15.7 Å². The lowest BCUT2D eigenvalue weighted by molar-refractivity contribution is -0.385. The average molecular weight is 295 g/mol. The van der Waals surface area contributed by atoms with Crippen LogP contribution < -0.4 is 10.6 Å². The van der Waals surface area contributed by atoms with Gasteiger partial charge in [0.05, 0.1) is 11.0 Å². The number of nitro groups is 1. The highest BCUT2D eigenvalue weighted by Gasteiger charge is 2.28. The van der Waals surface area contributed by atoms with E-state index in [9.17, 15) is 15.2 Å². The molecule has 0 amide bonds. The molecular formula is C13H21N5O3. The van der Waals surface area contributed by atoms with Crippen molar-refractivity contribution in [1.82, 2.24) is 9.97 Å². The smallest absolute Gasteiger partial charge is 0.332 e. The molecule has 0 bridgehead atoms. The first kappa shape index (κ1) is 15.4. The molecule has 21 heavy (non-hydrogen) atoms. The van der Waals surface area contributed by atoms with Gasteiger partial charge in [0, 0.05) is 13.1 Å². The lowest BCUT2D eigenvalue weighted by atomic mass is 9.82. The molecule has 0 spiro atoms. The van der Waals surface area contributed by atoms with Gasteiger partial charge in [-0.2, -0.15) is 4.98 Å². The zero-order chi connectivity index (χ0) is 15.4. The van der Waals surface area contributed by atoms with Gasteiger partial charge in [0.1, 0.15) is 5.69 Å². The molecule has 116 valence electrons. The number of anilines is 2. The summed E-state index contributed by atoms with van der Waals surface area (Å²) in [5.41, 5.74) is 0.252. The molecule has 8 nitrogen and oxygen atoms in total. The number of aliphatic hydroxyl groups excluding tert-OH is 1. The van der Waals surface area contributed by atoms with Crippen LogP contribution in [0, 0.1) is 23.0 Å². The Morgan fingerprint density at radius 3 is 2.67 bits per heavy atom. The minimum absolute atomic E-state index is 0.0862. The molecule has 0 unspecified atom stereocenters. The highest BCUT2D eigenvalue weighted by Crippen LogP contribution is 2.30. The summed E-state index contributed by atoms with van der Waals surface area (Å²) in [6, 6.07) is 0. The first-order valence-corrected chi connectivity index (χ1v) is 7.20. The Kier molecular flexibility index (Phi) is 4.89. The van der Waals surface area contributed by atoms with Gasteiger partial charge in [0.2, 0.25) is 11.8 Å². The predicted octanol–water partition coefficient (Wildman–Crippen LogP) is 1.70. The van der Waals surface area contributed by atoms with E-state index in [-0.39, 0.29) is 17.6 Å². The van der Waals surface area contributed by atoms with Gasteiger partial charge >= 0.3 is 5.69 Å². The van der Waals surface area contributed by atoms with Crippen molar-refractivity contribution >= 4 is 17.5 Å². The van der Waals surface area contributed by atoms with E-state index in [1.165, 1.54) is 0 Å². The first-order chi connectivity index (χ1) is 10.0. The van der Waals surface area contributed by atoms with Crippen molar-refractivity contribution in [2.24, 2.45) is 5.92 Å². The number of aromatic nitrogens is 2. The maximum absolute atomic E-state index is 11.2. The van der Waals surface area contributed by atoms with Crippen molar-refractivity contribution < 1.29 is 10.0 Å². The van der Waals surface area contributed by atoms with E-state index in [0.717, 1.165) is 19.3 Å². The number of aliphatic hydroxyl groups is 1. The van der Waals surface area contributed by atoms with Crippen LogP contribution in [0.1, 0.15) is 31.9 Å². The number of rotatable bonds is 7. The fourth-order valence-corrected chi connectivity index (χ4v) is 2.33. The zero-order valence-corrected chi connectivity index (χ0v) is 12.3. The van der Waals surface area contributed by atoms with E-state index in [0.29, 0.717) is 30.6 Å². The quantitative estimate of drug-likeness (QED) is 0.518. The summed E-state index contributed by atoms with van der Waals surface area (Å²) in [5, 5.41) is 26.5. The molecule has 0 saturated heterocycles. The second-order valence-corrected chi connectivity index (χ2v) is 5.39. The van der Waals surface area contributed by atoms with Crippen molar-refractivity contribution in [3.63, 3.8) is 0 Å². The van der Waals surface area contributed by atoms with E-state index >= 15 is 0 Å². The molecule has 1 heterocycles. The van der Waals surface area contributed by atoms with Gasteiger partial charge in [-0.25, -0.2) is 4.98 Å². The highest BCUT2D eigenvalue weighted by molar-refractivity contribution is 5.60. The minimum atomic E-state index is -0.461. The van der Waals surface area contributed by atoms with Crippen LogP contribution in [0.5, 0.6) is 0 Å². The van der Waals surface area contributed by atoms with Crippen LogP contribution in [-0.2, 0) is 0 Å². The standard InChI is InChI=1S/C13H21N5O3/c1-3-4-14-13-16-8(2)11(18(20)21)12(17-13)15-7-9-5-10(19)6-9/h9-10,19H,3-7H2,1-2H3,(H2,14,15,16,17). The van der Waals surface area contributed by atoms with Gasteiger partial charge in [-0.15, -0.1) is 0 Å². The summed E-state index contributed by atoms with van der Waals surface area (Å²) in [6.07, 6.45) is 2.14. The maximum Gasteiger partial charge on any atom is 0.332 e. The van der Waals surface area contributed by atoms with Crippen LogP contribution in [0.3, 0.4) is 0 Å². The molecule has 1 saturated carbocycles. The summed E-state index contributed by atoms with van der Waals surface area (Å²) in [5.74, 6) is 0.977. The second-order valence-electron chi connectivity index (χ2n) is 5.39. The highest BCUT2D eigenvalue weighted by atomic mass is 16.6. The monoisotopic (exact) mass is 295 g/mol. The molecule has 1 aliphatic rings. The average Bonchev–Trinajstić information content (AvgIpc) is 2.39. The maximum atomic E-state index is 11.2. The van der Waals surface area contributed by atoms with Crippen LogP contribution in [-0.4, -0.2) is 39.2 Å². The normalized spacial score (nSPS) is 20.7. The lowest BCUT2D eigenvalue weighted by Crippen LogP contribution is -2.33. The van der Waals surface area contributed by atoms with E-state index < -0.39 is 4.92 Å². The number of aryl methyl sites for hydroxylation is 1. The van der Waals surface area contributed by atoms with E-state index in [2.05, 4.69) is 20.6 Å². The molecule has 3 N–H and O–H groups in total. The summed E-state index contributed by atoms with van der Waals surface area (Å²) >= 11 is 0. The van der Waals surface area contributed by atoms with Crippen LogP contribution in [0.25, 0.3) is 0 Å². The molecule has 1 aromatic rings. The SMILES string of the molecule is CCCNc1nc(C)c([N+](=O)[O-])c(NCC2CC(O)C2)n1. The molecule has 1 fully saturated rings. The Hall–Kier alpha value is -1.96. The Bertz CT molecular complexity index is 517. The Balaban J connectivity index is 2.14. The fourth-order valence-electron chi connectivity index (χ4n) is 2.33. The number of hydrogen-bond donors (Lipinski definition) is 3. The summed E-state index contributed by atoms with van der Waals surface area (Å²) in [7, 11) is 0. The Morgan fingerprint density at radius 1 is 1.38 bits per heavy atom. The van der Waals surface area contributed by atoms with Gasteiger partial charge in [-0.3, -0.25) is 10.1 Å². The molecular weight excluding hydrogens is 274 g/mol. The van der Waals surface area contributed by atoms with Gasteiger partial charge in [0.15, 0.2) is 0 Å². The topological polar surface area (TPSA) is 113 Å². The van der Waals surface area contributed by atoms with E-state index in [4.69, 9.17) is 0 Å². The van der Waals surface area contributed by atoms with Crippen LogP contribution in [0.15, 0.2) is 0 Å². The first-order valence-electron chi connectivity index (χ1n) is 7.20. The van der Waals surface area contributed by atoms with Gasteiger partial charge in [0.25, 0.3) is 0 Å². The minimum Gasteiger partial charge on any atom is -0.393 e. The predicted molar refractivity (Wildman–Crippen MR) is 79.4 cm³/mol. The second kappa shape index (κ2) is 6.66. The fraction of sp³-hybridized carbons (Fsp3) is 0.692. The molecule has 8 heteroatoms. The third kappa shape index (κ3) is 3.78. The molecule has 1 aromatic heterocycles. The molecule has 0 radical (unpaired) electrons. The van der Waals surface area contributed by atoms with Crippen LogP contribution in [0.2, 0.25) is 0 Å². The zero-order valence-electron chi connectivity index (χ0n) is 12.3. The van der Waals surface area contributed by atoms with Crippen LogP contribution >= 0.6 is 0 Å². The lowest BCUT2D eigenvalue weighted by Gasteiger charge is -2.31. The van der Waals surface area contributed by atoms with Gasteiger partial charge in [-0.1, -0.05) is 6.92 Å². The van der Waals surface area contributed by atoms with Crippen molar-refractivity contribution in [3.8, 4) is 0 Å². The van der Waals surface area contributed by atoms with E-state index in [1.54, 1.807) is 6.92 Å². The Morgan fingerprint density at radius 2 is 2.10 bits per heavy atom. The molecule has 0 atom stereocenters. The summed E-state index contributed by atoms with van der Waals surface area (Å²) < 4.78 is 0.